The highest BCUT2D eigenvalue weighted by Crippen LogP contribution is 1.77. The van der Waals surface area contributed by atoms with Crippen molar-refractivity contribution in [2.24, 2.45) is 0 Å². The largest absolute Gasteiger partial charge is 0.478 e. The fourth-order valence-electron chi connectivity index (χ4n) is 0.336. The van der Waals surface area contributed by atoms with Crippen LogP contribution in [-0.4, -0.2) is 28.8 Å². The van der Waals surface area contributed by atoms with Crippen molar-refractivity contribution in [1.29, 1.82) is 0 Å². The summed E-state index contributed by atoms with van der Waals surface area (Å²) in [6.45, 7) is 1.73. The third kappa shape index (κ3) is 5.11. The molecule has 0 aromatic carbocycles. The summed E-state index contributed by atoms with van der Waals surface area (Å²) < 4.78 is 0. The minimum Gasteiger partial charge on any atom is -0.478 e. The second-order valence-corrected chi connectivity index (χ2v) is 1.92. The molecule has 58 valence electrons. The highest BCUT2D eigenvalue weighted by atomic mass is 16.4. The fourth-order valence-corrected chi connectivity index (χ4v) is 0.336. The minimum atomic E-state index is -1.00. The summed E-state index contributed by atoms with van der Waals surface area (Å²) in [6.07, 6.45) is 2.27. The molecule has 1 unspecified atom stereocenters. The second kappa shape index (κ2) is 4.81. The molecule has 4 heteroatoms. The third-order valence-electron chi connectivity index (χ3n) is 0.881. The number of aliphatic carboxylic acids is 1. The van der Waals surface area contributed by atoms with E-state index in [1.165, 1.54) is 6.20 Å². The summed E-state index contributed by atoms with van der Waals surface area (Å²) >= 11 is 0. The Labute approximate surface area is 59.2 Å². The summed E-state index contributed by atoms with van der Waals surface area (Å²) in [5, 5.41) is 19.2. The van der Waals surface area contributed by atoms with Crippen LogP contribution in [-0.2, 0) is 4.79 Å². The normalized spacial score (nSPS) is 13.4. The topological polar surface area (TPSA) is 69.6 Å². The first-order chi connectivity index (χ1) is 4.66. The van der Waals surface area contributed by atoms with Crippen molar-refractivity contribution in [2.45, 2.75) is 13.0 Å². The Bertz CT molecular complexity index is 133. The highest BCUT2D eigenvalue weighted by Gasteiger charge is 1.92. The zero-order valence-corrected chi connectivity index (χ0v) is 5.74. The molecule has 0 saturated heterocycles. The maximum absolute atomic E-state index is 9.88. The second-order valence-electron chi connectivity index (χ2n) is 1.92. The molecule has 0 bridgehead atoms. The molecule has 0 fully saturated rings. The molecule has 0 spiro atoms. The molecular weight excluding hydrogens is 134 g/mol. The lowest BCUT2D eigenvalue weighted by Gasteiger charge is -2.05. The zero-order valence-electron chi connectivity index (χ0n) is 5.74. The van der Waals surface area contributed by atoms with Crippen molar-refractivity contribution in [1.82, 2.24) is 5.32 Å². The van der Waals surface area contributed by atoms with E-state index in [2.05, 4.69) is 5.32 Å². The lowest BCUT2D eigenvalue weighted by molar-refractivity contribution is -0.131. The first kappa shape index (κ1) is 8.97. The van der Waals surface area contributed by atoms with E-state index in [9.17, 15) is 4.79 Å². The van der Waals surface area contributed by atoms with Gasteiger partial charge in [-0.15, -0.1) is 0 Å². The smallest absolute Gasteiger partial charge is 0.329 e. The number of hydrogen-bond donors (Lipinski definition) is 3. The predicted octanol–water partition coefficient (Wildman–Crippen LogP) is -0.445. The van der Waals surface area contributed by atoms with Gasteiger partial charge in [-0.3, -0.25) is 0 Å². The Morgan fingerprint density at radius 2 is 2.40 bits per heavy atom. The van der Waals surface area contributed by atoms with Gasteiger partial charge >= 0.3 is 5.97 Å². The van der Waals surface area contributed by atoms with Crippen LogP contribution in [0.1, 0.15) is 6.92 Å². The quantitative estimate of drug-likeness (QED) is 0.469. The molecule has 0 rings (SSSR count). The van der Waals surface area contributed by atoms with Gasteiger partial charge in [0.2, 0.25) is 0 Å². The van der Waals surface area contributed by atoms with Gasteiger partial charge in [0.05, 0.1) is 6.61 Å². The number of carbonyl (C=O) groups is 1. The van der Waals surface area contributed by atoms with Crippen LogP contribution in [0.5, 0.6) is 0 Å². The maximum atomic E-state index is 9.88. The molecule has 0 aliphatic rings. The number of aliphatic hydroxyl groups excluding tert-OH is 1. The third-order valence-corrected chi connectivity index (χ3v) is 0.881. The Balaban J connectivity index is 3.43. The molecule has 0 aliphatic carbocycles. The molecule has 0 radical (unpaired) electrons. The fraction of sp³-hybridized carbons (Fsp3) is 0.500. The Hall–Kier alpha value is -1.03. The molecule has 4 nitrogen and oxygen atoms in total. The van der Waals surface area contributed by atoms with Crippen LogP contribution in [0.2, 0.25) is 0 Å². The molecule has 1 atom stereocenters. The molecule has 0 aliphatic heterocycles. The van der Waals surface area contributed by atoms with E-state index in [1.54, 1.807) is 6.92 Å². The summed E-state index contributed by atoms with van der Waals surface area (Å²) in [5.41, 5.74) is 0. The highest BCUT2D eigenvalue weighted by molar-refractivity contribution is 5.79. The van der Waals surface area contributed by atoms with Crippen molar-refractivity contribution >= 4 is 5.97 Å². The van der Waals surface area contributed by atoms with Gasteiger partial charge in [-0.25, -0.2) is 4.79 Å². The van der Waals surface area contributed by atoms with Crippen LogP contribution in [0.3, 0.4) is 0 Å². The van der Waals surface area contributed by atoms with E-state index in [0.29, 0.717) is 0 Å². The van der Waals surface area contributed by atoms with E-state index >= 15 is 0 Å². The summed E-state index contributed by atoms with van der Waals surface area (Å²) in [6, 6.07) is -0.101. The number of nitrogens with one attached hydrogen (secondary N) is 1. The number of hydrogen-bond acceptors (Lipinski definition) is 3. The van der Waals surface area contributed by atoms with Crippen molar-refractivity contribution < 1.29 is 15.0 Å². The van der Waals surface area contributed by atoms with Crippen LogP contribution in [0.15, 0.2) is 12.3 Å². The molecule has 0 saturated carbocycles. The van der Waals surface area contributed by atoms with Crippen molar-refractivity contribution in [2.75, 3.05) is 6.61 Å². The molecule has 0 aromatic heterocycles. The van der Waals surface area contributed by atoms with Crippen LogP contribution >= 0.6 is 0 Å². The first-order valence-electron chi connectivity index (χ1n) is 2.93. The van der Waals surface area contributed by atoms with Gasteiger partial charge < -0.3 is 15.5 Å². The summed E-state index contributed by atoms with van der Waals surface area (Å²) in [7, 11) is 0. The molecular formula is C6H11NO3. The minimum absolute atomic E-state index is 0.00996. The number of rotatable bonds is 4. The van der Waals surface area contributed by atoms with Gasteiger partial charge in [-0.2, -0.15) is 0 Å². The molecule has 10 heavy (non-hydrogen) atoms. The van der Waals surface area contributed by atoms with E-state index in [0.717, 1.165) is 6.08 Å². The first-order valence-corrected chi connectivity index (χ1v) is 2.93. The number of carboxylic acids is 1. The monoisotopic (exact) mass is 145 g/mol. The van der Waals surface area contributed by atoms with Crippen molar-refractivity contribution in [3.05, 3.63) is 12.3 Å². The van der Waals surface area contributed by atoms with Crippen LogP contribution in [0, 0.1) is 0 Å². The molecule has 0 aromatic rings. The van der Waals surface area contributed by atoms with E-state index in [4.69, 9.17) is 10.2 Å². The van der Waals surface area contributed by atoms with E-state index in [1.807, 2.05) is 0 Å². The zero-order chi connectivity index (χ0) is 7.98. The van der Waals surface area contributed by atoms with Gasteiger partial charge in [0, 0.05) is 18.3 Å². The Morgan fingerprint density at radius 1 is 1.80 bits per heavy atom. The van der Waals surface area contributed by atoms with Gasteiger partial charge in [-0.05, 0) is 6.92 Å². The molecule has 3 N–H and O–H groups in total. The summed E-state index contributed by atoms with van der Waals surface area (Å²) in [4.78, 5) is 9.88. The average Bonchev–Trinajstić information content (AvgIpc) is 1.87. The van der Waals surface area contributed by atoms with Crippen molar-refractivity contribution in [3.63, 3.8) is 0 Å². The van der Waals surface area contributed by atoms with Crippen LogP contribution < -0.4 is 5.32 Å². The van der Waals surface area contributed by atoms with Crippen LogP contribution in [0.4, 0.5) is 0 Å². The van der Waals surface area contributed by atoms with E-state index in [-0.39, 0.29) is 12.6 Å². The standard InChI is InChI=1S/C6H11NO3/c1-5(4-8)7-3-2-6(9)10/h2-3,5,7-8H,4H2,1H3,(H,9,10)/b3-2+. The van der Waals surface area contributed by atoms with Gasteiger partial charge in [0.25, 0.3) is 0 Å². The Morgan fingerprint density at radius 3 is 2.80 bits per heavy atom. The van der Waals surface area contributed by atoms with Gasteiger partial charge in [0.1, 0.15) is 0 Å². The molecule has 0 heterocycles. The van der Waals surface area contributed by atoms with Crippen molar-refractivity contribution in [3.8, 4) is 0 Å². The Kier molecular flexibility index (Phi) is 4.32. The average molecular weight is 145 g/mol. The summed E-state index contributed by atoms with van der Waals surface area (Å²) in [5.74, 6) is -1.00. The van der Waals surface area contributed by atoms with E-state index < -0.39 is 5.97 Å². The predicted molar refractivity (Wildman–Crippen MR) is 36.5 cm³/mol. The lowest BCUT2D eigenvalue weighted by atomic mass is 10.4. The number of carboxylic acid groups (broad SMARTS) is 1. The van der Waals surface area contributed by atoms with Gasteiger partial charge in [-0.1, -0.05) is 0 Å². The SMILES string of the molecule is CC(CO)N/C=C/C(=O)O. The number of aliphatic hydroxyl groups is 1. The van der Waals surface area contributed by atoms with Gasteiger partial charge in [0.15, 0.2) is 0 Å². The van der Waals surface area contributed by atoms with Crippen LogP contribution in [0.25, 0.3) is 0 Å². The maximum Gasteiger partial charge on any atom is 0.329 e. The lowest BCUT2D eigenvalue weighted by Crippen LogP contribution is -2.24. The molecule has 0 amide bonds.